The molecule has 0 aromatic heterocycles. The van der Waals surface area contributed by atoms with Crippen molar-refractivity contribution in [3.63, 3.8) is 0 Å². The van der Waals surface area contributed by atoms with Crippen LogP contribution in [0.4, 0.5) is 0 Å². The monoisotopic (exact) mass is 424 g/mol. The van der Waals surface area contributed by atoms with Gasteiger partial charge in [-0.2, -0.15) is 8.42 Å². The second-order valence-electron chi connectivity index (χ2n) is 8.38. The summed E-state index contributed by atoms with van der Waals surface area (Å²) in [5.74, 6) is 0.654. The van der Waals surface area contributed by atoms with Crippen LogP contribution >= 0.6 is 0 Å². The normalized spacial score (nSPS) is 19.2. The number of rotatable bonds is 10. The SMILES string of the molecule is CCCCCCCC=CC1(C)CCc2c(C)c(OCS(=O)(=O)O)c(C)c(C)c2O1. The number of unbranched alkanes of at least 4 members (excludes halogenated alkanes) is 5. The molecule has 0 saturated heterocycles. The minimum Gasteiger partial charge on any atom is -0.483 e. The lowest BCUT2D eigenvalue weighted by Gasteiger charge is -2.36. The van der Waals surface area contributed by atoms with E-state index in [9.17, 15) is 8.42 Å². The van der Waals surface area contributed by atoms with Gasteiger partial charge in [-0.1, -0.05) is 38.7 Å². The van der Waals surface area contributed by atoms with Crippen molar-refractivity contribution in [2.75, 3.05) is 5.94 Å². The van der Waals surface area contributed by atoms with Crippen molar-refractivity contribution in [2.24, 2.45) is 0 Å². The molecule has 0 saturated carbocycles. The summed E-state index contributed by atoms with van der Waals surface area (Å²) in [5, 5.41) is 0. The fourth-order valence-electron chi connectivity index (χ4n) is 3.92. The van der Waals surface area contributed by atoms with Crippen LogP contribution in [0.2, 0.25) is 0 Å². The third kappa shape index (κ3) is 6.48. The van der Waals surface area contributed by atoms with Crippen LogP contribution in [0.25, 0.3) is 0 Å². The van der Waals surface area contributed by atoms with Crippen molar-refractivity contribution in [1.82, 2.24) is 0 Å². The van der Waals surface area contributed by atoms with Crippen LogP contribution in [-0.2, 0) is 16.5 Å². The zero-order valence-electron chi connectivity index (χ0n) is 18.5. The molecule has 1 unspecified atom stereocenters. The maximum atomic E-state index is 11.1. The zero-order valence-corrected chi connectivity index (χ0v) is 19.3. The molecule has 1 heterocycles. The van der Waals surface area contributed by atoms with E-state index >= 15 is 0 Å². The van der Waals surface area contributed by atoms with Crippen molar-refractivity contribution in [3.8, 4) is 11.5 Å². The third-order valence-electron chi connectivity index (χ3n) is 5.81. The number of allylic oxidation sites excluding steroid dienone is 1. The second kappa shape index (κ2) is 9.98. The van der Waals surface area contributed by atoms with Gasteiger partial charge >= 0.3 is 10.1 Å². The number of hydrogen-bond acceptors (Lipinski definition) is 4. The first-order valence-corrected chi connectivity index (χ1v) is 12.3. The topological polar surface area (TPSA) is 72.8 Å². The summed E-state index contributed by atoms with van der Waals surface area (Å²) >= 11 is 0. The molecule has 1 aromatic carbocycles. The molecule has 0 radical (unpaired) electrons. The third-order valence-corrected chi connectivity index (χ3v) is 6.23. The van der Waals surface area contributed by atoms with Gasteiger partial charge in [0.1, 0.15) is 17.1 Å². The number of hydrogen-bond donors (Lipinski definition) is 1. The van der Waals surface area contributed by atoms with E-state index in [-0.39, 0.29) is 5.60 Å². The maximum absolute atomic E-state index is 11.1. The Morgan fingerprint density at radius 1 is 1.10 bits per heavy atom. The Balaban J connectivity index is 2.13. The summed E-state index contributed by atoms with van der Waals surface area (Å²) < 4.78 is 43.1. The highest BCUT2D eigenvalue weighted by Crippen LogP contribution is 2.44. The van der Waals surface area contributed by atoms with Gasteiger partial charge < -0.3 is 9.47 Å². The van der Waals surface area contributed by atoms with Crippen molar-refractivity contribution < 1.29 is 22.4 Å². The summed E-state index contributed by atoms with van der Waals surface area (Å²) in [6, 6.07) is 0. The van der Waals surface area contributed by atoms with Gasteiger partial charge in [0.25, 0.3) is 0 Å². The molecule has 0 aliphatic carbocycles. The molecule has 1 atom stereocenters. The first-order chi connectivity index (χ1) is 13.6. The number of fused-ring (bicyclic) bond motifs is 1. The minimum atomic E-state index is -4.19. The molecule has 1 N–H and O–H groups in total. The van der Waals surface area contributed by atoms with Gasteiger partial charge in [0.2, 0.25) is 5.94 Å². The average Bonchev–Trinajstić information content (AvgIpc) is 2.64. The first kappa shape index (κ1) is 23.7. The molecule has 2 rings (SSSR count). The van der Waals surface area contributed by atoms with Gasteiger partial charge in [-0.25, -0.2) is 0 Å². The highest BCUT2D eigenvalue weighted by atomic mass is 32.2. The summed E-state index contributed by atoms with van der Waals surface area (Å²) in [4.78, 5) is 0. The van der Waals surface area contributed by atoms with Crippen LogP contribution in [0.15, 0.2) is 12.2 Å². The van der Waals surface area contributed by atoms with E-state index in [1.807, 2.05) is 20.8 Å². The molecule has 1 aromatic rings. The Kier molecular flexibility index (Phi) is 8.18. The maximum Gasteiger partial charge on any atom is 0.300 e. The van der Waals surface area contributed by atoms with Gasteiger partial charge in [-0.15, -0.1) is 0 Å². The molecule has 29 heavy (non-hydrogen) atoms. The minimum absolute atomic E-state index is 0.336. The van der Waals surface area contributed by atoms with Gasteiger partial charge in [-0.3, -0.25) is 4.55 Å². The van der Waals surface area contributed by atoms with Gasteiger partial charge in [0.15, 0.2) is 0 Å². The van der Waals surface area contributed by atoms with E-state index < -0.39 is 16.1 Å². The van der Waals surface area contributed by atoms with Gasteiger partial charge in [0, 0.05) is 5.56 Å². The van der Waals surface area contributed by atoms with E-state index in [2.05, 4.69) is 26.0 Å². The highest BCUT2D eigenvalue weighted by Gasteiger charge is 2.33. The predicted octanol–water partition coefficient (Wildman–Crippen LogP) is 5.84. The van der Waals surface area contributed by atoms with E-state index in [1.54, 1.807) is 0 Å². The number of ether oxygens (including phenoxy) is 2. The van der Waals surface area contributed by atoms with Crippen molar-refractivity contribution in [3.05, 3.63) is 34.4 Å². The molecule has 5 nitrogen and oxygen atoms in total. The molecule has 0 amide bonds. The highest BCUT2D eigenvalue weighted by molar-refractivity contribution is 7.85. The summed E-state index contributed by atoms with van der Waals surface area (Å²) in [6.45, 7) is 10.1. The fraction of sp³-hybridized carbons (Fsp3) is 0.652. The molecule has 0 spiro atoms. The van der Waals surface area contributed by atoms with E-state index in [0.29, 0.717) is 5.75 Å². The molecule has 6 heteroatoms. The van der Waals surface area contributed by atoms with E-state index in [0.717, 1.165) is 47.3 Å². The van der Waals surface area contributed by atoms with Gasteiger partial charge in [0.05, 0.1) is 0 Å². The van der Waals surface area contributed by atoms with Crippen molar-refractivity contribution in [2.45, 2.75) is 91.6 Å². The predicted molar refractivity (Wildman–Crippen MR) is 118 cm³/mol. The zero-order chi connectivity index (χ0) is 21.7. The Morgan fingerprint density at radius 2 is 1.79 bits per heavy atom. The molecule has 1 aliphatic rings. The number of benzene rings is 1. The lowest BCUT2D eigenvalue weighted by molar-refractivity contribution is 0.112. The van der Waals surface area contributed by atoms with E-state index in [4.69, 9.17) is 14.0 Å². The van der Waals surface area contributed by atoms with Crippen LogP contribution in [0.3, 0.4) is 0 Å². The average molecular weight is 425 g/mol. The van der Waals surface area contributed by atoms with Crippen LogP contribution in [0.5, 0.6) is 11.5 Å². The van der Waals surface area contributed by atoms with Crippen molar-refractivity contribution in [1.29, 1.82) is 0 Å². The van der Waals surface area contributed by atoms with Crippen LogP contribution in [-0.4, -0.2) is 24.5 Å². The summed E-state index contributed by atoms with van der Waals surface area (Å²) in [6.07, 6.45) is 13.6. The van der Waals surface area contributed by atoms with E-state index in [1.165, 1.54) is 32.1 Å². The van der Waals surface area contributed by atoms with Crippen LogP contribution < -0.4 is 9.47 Å². The Hall–Kier alpha value is -1.53. The molecule has 1 aliphatic heterocycles. The Labute approximate surface area is 176 Å². The van der Waals surface area contributed by atoms with Crippen LogP contribution in [0.1, 0.15) is 81.0 Å². The Morgan fingerprint density at radius 3 is 2.45 bits per heavy atom. The largest absolute Gasteiger partial charge is 0.483 e. The van der Waals surface area contributed by atoms with Crippen molar-refractivity contribution >= 4 is 10.1 Å². The molecule has 0 bridgehead atoms. The van der Waals surface area contributed by atoms with Gasteiger partial charge in [-0.05, 0) is 76.1 Å². The summed E-state index contributed by atoms with van der Waals surface area (Å²) in [7, 11) is -4.19. The lowest BCUT2D eigenvalue weighted by atomic mass is 9.87. The standard InChI is InChI=1S/C23H36O5S/c1-6-7-8-9-10-11-12-14-23(5)15-13-20-19(4)21(27-16-29(24,25)26)17(2)18(3)22(20)28-23/h12,14H,6-11,13,15-16H2,1-5H3,(H,24,25,26). The lowest BCUT2D eigenvalue weighted by Crippen LogP contribution is -2.35. The molecule has 164 valence electrons. The quantitative estimate of drug-likeness (QED) is 0.290. The molecular weight excluding hydrogens is 388 g/mol. The van der Waals surface area contributed by atoms with Crippen LogP contribution in [0, 0.1) is 20.8 Å². The molecule has 0 fully saturated rings. The Bertz CT molecular complexity index is 842. The fourth-order valence-corrected chi connectivity index (χ4v) is 4.18. The summed E-state index contributed by atoms with van der Waals surface area (Å²) in [5.41, 5.74) is 3.40. The first-order valence-electron chi connectivity index (χ1n) is 10.7. The smallest absolute Gasteiger partial charge is 0.300 e. The molecular formula is C23H36O5S. The second-order valence-corrected chi connectivity index (χ2v) is 9.78.